The highest BCUT2D eigenvalue weighted by atomic mass is 79.9. The smallest absolute Gasteiger partial charge is 0.338 e. The van der Waals surface area contributed by atoms with Gasteiger partial charge in [0.2, 0.25) is 0 Å². The van der Waals surface area contributed by atoms with Crippen molar-refractivity contribution in [1.29, 1.82) is 0 Å². The second-order valence-corrected chi connectivity index (χ2v) is 10.1. The highest BCUT2D eigenvalue weighted by molar-refractivity contribution is 9.10. The normalized spacial score (nSPS) is 15.4. The maximum absolute atomic E-state index is 13.8. The first kappa shape index (κ1) is 26.2. The third-order valence-corrected chi connectivity index (χ3v) is 7.35. The van der Waals surface area contributed by atoms with Crippen molar-refractivity contribution in [2.45, 2.75) is 26.8 Å². The van der Waals surface area contributed by atoms with Gasteiger partial charge in [-0.25, -0.2) is 9.79 Å². The standard InChI is InChI=1S/C26H24BrClN2O5S/c1-5-34-23-15(11-16(27)13-19(23)33-4)12-20-24(31)30-22(17-9-7-8-10-18(17)28)21(25(32)35-6-2)14(3)29-26(30)36-20/h7-13,22H,5-6H2,1-4H3/b20-12-/t22-/m1/s1. The molecule has 1 atom stereocenters. The number of ether oxygens (including phenoxy) is 3. The van der Waals surface area contributed by atoms with Crippen molar-refractivity contribution in [3.05, 3.63) is 88.0 Å². The van der Waals surface area contributed by atoms with E-state index >= 15 is 0 Å². The van der Waals surface area contributed by atoms with Crippen LogP contribution in [0.4, 0.5) is 0 Å². The molecule has 4 rings (SSSR count). The Morgan fingerprint density at radius 1 is 1.25 bits per heavy atom. The number of carbonyl (C=O) groups is 1. The van der Waals surface area contributed by atoms with E-state index in [2.05, 4.69) is 20.9 Å². The molecule has 0 fully saturated rings. The van der Waals surface area contributed by atoms with Crippen molar-refractivity contribution in [3.8, 4) is 11.5 Å². The molecule has 1 aliphatic heterocycles. The number of hydrogen-bond acceptors (Lipinski definition) is 7. The highest BCUT2D eigenvalue weighted by Crippen LogP contribution is 2.36. The lowest BCUT2D eigenvalue weighted by Gasteiger charge is -2.25. The Morgan fingerprint density at radius 2 is 2.00 bits per heavy atom. The molecule has 0 unspecified atom stereocenters. The van der Waals surface area contributed by atoms with E-state index in [0.29, 0.717) is 49.3 Å². The minimum absolute atomic E-state index is 0.195. The molecule has 36 heavy (non-hydrogen) atoms. The number of hydrogen-bond donors (Lipinski definition) is 0. The summed E-state index contributed by atoms with van der Waals surface area (Å²) >= 11 is 11.3. The molecule has 3 aromatic rings. The molecular weight excluding hydrogens is 568 g/mol. The van der Waals surface area contributed by atoms with Gasteiger partial charge in [0.15, 0.2) is 16.3 Å². The van der Waals surface area contributed by atoms with Gasteiger partial charge in [0, 0.05) is 15.1 Å². The fraction of sp³-hybridized carbons (Fsp3) is 0.269. The van der Waals surface area contributed by atoms with Crippen LogP contribution in [0.1, 0.15) is 37.9 Å². The van der Waals surface area contributed by atoms with Gasteiger partial charge in [-0.1, -0.05) is 57.1 Å². The van der Waals surface area contributed by atoms with E-state index in [1.807, 2.05) is 19.1 Å². The average molecular weight is 592 g/mol. The highest BCUT2D eigenvalue weighted by Gasteiger charge is 2.34. The van der Waals surface area contributed by atoms with Gasteiger partial charge >= 0.3 is 5.97 Å². The number of thiazole rings is 1. The molecule has 1 aromatic heterocycles. The number of carbonyl (C=O) groups excluding carboxylic acids is 1. The van der Waals surface area contributed by atoms with Crippen molar-refractivity contribution in [2.75, 3.05) is 20.3 Å². The minimum Gasteiger partial charge on any atom is -0.493 e. The molecule has 0 saturated heterocycles. The van der Waals surface area contributed by atoms with Gasteiger partial charge in [-0.05, 0) is 50.6 Å². The van der Waals surface area contributed by atoms with E-state index in [9.17, 15) is 9.59 Å². The van der Waals surface area contributed by atoms with Gasteiger partial charge < -0.3 is 14.2 Å². The van der Waals surface area contributed by atoms with Gasteiger partial charge in [0.1, 0.15) is 6.04 Å². The predicted octanol–water partition coefficient (Wildman–Crippen LogP) is 4.62. The van der Waals surface area contributed by atoms with E-state index in [-0.39, 0.29) is 17.7 Å². The molecule has 0 spiro atoms. The first-order valence-corrected chi connectivity index (χ1v) is 13.2. The van der Waals surface area contributed by atoms with E-state index in [1.165, 1.54) is 15.9 Å². The molecule has 10 heteroatoms. The van der Waals surface area contributed by atoms with E-state index in [0.717, 1.165) is 4.47 Å². The van der Waals surface area contributed by atoms with Gasteiger partial charge in [0.05, 0.1) is 36.1 Å². The average Bonchev–Trinajstić information content (AvgIpc) is 3.14. The molecule has 0 saturated carbocycles. The number of nitrogens with zero attached hydrogens (tertiary/aromatic N) is 2. The van der Waals surface area contributed by atoms with Gasteiger partial charge in [-0.3, -0.25) is 9.36 Å². The molecule has 2 heterocycles. The lowest BCUT2D eigenvalue weighted by Crippen LogP contribution is -2.40. The van der Waals surface area contributed by atoms with E-state index in [4.69, 9.17) is 25.8 Å². The molecule has 0 N–H and O–H groups in total. The molecule has 0 bridgehead atoms. The number of fused-ring (bicyclic) bond motifs is 1. The van der Waals surface area contributed by atoms with Crippen LogP contribution in [-0.4, -0.2) is 30.9 Å². The molecule has 0 amide bonds. The monoisotopic (exact) mass is 590 g/mol. The second-order valence-electron chi connectivity index (χ2n) is 7.78. The Hall–Kier alpha value is -2.88. The predicted molar refractivity (Wildman–Crippen MR) is 144 cm³/mol. The quantitative estimate of drug-likeness (QED) is 0.375. The summed E-state index contributed by atoms with van der Waals surface area (Å²) in [4.78, 5) is 31.9. The van der Waals surface area contributed by atoms with Crippen LogP contribution in [-0.2, 0) is 9.53 Å². The summed E-state index contributed by atoms with van der Waals surface area (Å²) in [6.07, 6.45) is 1.75. The maximum atomic E-state index is 13.8. The number of allylic oxidation sites excluding steroid dienone is 1. The van der Waals surface area contributed by atoms with Crippen LogP contribution < -0.4 is 24.4 Å². The summed E-state index contributed by atoms with van der Waals surface area (Å²) in [5.41, 5.74) is 1.74. The second kappa shape index (κ2) is 11.0. The number of rotatable bonds is 7. The summed E-state index contributed by atoms with van der Waals surface area (Å²) < 4.78 is 19.4. The third kappa shape index (κ3) is 4.87. The summed E-state index contributed by atoms with van der Waals surface area (Å²) in [7, 11) is 1.56. The molecular formula is C26H24BrClN2O5S. The minimum atomic E-state index is -0.778. The fourth-order valence-corrected chi connectivity index (χ4v) is 5.80. The number of aromatic nitrogens is 1. The first-order valence-electron chi connectivity index (χ1n) is 11.2. The Kier molecular flexibility index (Phi) is 8.02. The summed E-state index contributed by atoms with van der Waals surface area (Å²) in [5, 5.41) is 0.434. The summed E-state index contributed by atoms with van der Waals surface area (Å²) in [6, 6.07) is 10.0. The van der Waals surface area contributed by atoms with Crippen LogP contribution in [0.3, 0.4) is 0 Å². The summed E-state index contributed by atoms with van der Waals surface area (Å²) in [6.45, 7) is 5.96. The molecule has 1 aliphatic rings. The first-order chi connectivity index (χ1) is 17.3. The maximum Gasteiger partial charge on any atom is 0.338 e. The number of benzene rings is 2. The zero-order valence-electron chi connectivity index (χ0n) is 20.1. The van der Waals surface area contributed by atoms with E-state index < -0.39 is 12.0 Å². The zero-order chi connectivity index (χ0) is 26.0. The Bertz CT molecular complexity index is 1540. The van der Waals surface area contributed by atoms with Crippen molar-refractivity contribution < 1.29 is 19.0 Å². The largest absolute Gasteiger partial charge is 0.493 e. The van der Waals surface area contributed by atoms with Gasteiger partial charge in [-0.2, -0.15) is 0 Å². The molecule has 0 aliphatic carbocycles. The topological polar surface area (TPSA) is 79.1 Å². The third-order valence-electron chi connectivity index (χ3n) is 5.56. The SMILES string of the molecule is CCOC(=O)C1=C(C)N=c2s/c(=C\c3cc(Br)cc(OC)c3OCC)c(=O)n2[C@@H]1c1ccccc1Cl. The van der Waals surface area contributed by atoms with Crippen LogP contribution >= 0.6 is 38.9 Å². The molecule has 2 aromatic carbocycles. The number of methoxy groups -OCH3 is 1. The molecule has 188 valence electrons. The lowest BCUT2D eigenvalue weighted by molar-refractivity contribution is -0.139. The van der Waals surface area contributed by atoms with Crippen molar-refractivity contribution in [1.82, 2.24) is 4.57 Å². The number of esters is 1. The van der Waals surface area contributed by atoms with Gasteiger partial charge in [-0.15, -0.1) is 0 Å². The van der Waals surface area contributed by atoms with Crippen LogP contribution in [0.15, 0.2) is 61.9 Å². The van der Waals surface area contributed by atoms with Gasteiger partial charge in [0.25, 0.3) is 5.56 Å². The fourth-order valence-electron chi connectivity index (χ4n) is 4.07. The Morgan fingerprint density at radius 3 is 2.67 bits per heavy atom. The lowest BCUT2D eigenvalue weighted by atomic mass is 9.96. The zero-order valence-corrected chi connectivity index (χ0v) is 23.3. The Labute approximate surface area is 225 Å². The molecule has 7 nitrogen and oxygen atoms in total. The summed E-state index contributed by atoms with van der Waals surface area (Å²) in [5.74, 6) is 0.535. The van der Waals surface area contributed by atoms with E-state index in [1.54, 1.807) is 51.3 Å². The van der Waals surface area contributed by atoms with Crippen LogP contribution in [0.5, 0.6) is 11.5 Å². The molecule has 0 radical (unpaired) electrons. The van der Waals surface area contributed by atoms with Crippen molar-refractivity contribution in [3.63, 3.8) is 0 Å². The number of halogens is 2. The van der Waals surface area contributed by atoms with Crippen molar-refractivity contribution in [2.24, 2.45) is 4.99 Å². The van der Waals surface area contributed by atoms with Crippen LogP contribution in [0, 0.1) is 0 Å². The van der Waals surface area contributed by atoms with Crippen LogP contribution in [0.25, 0.3) is 6.08 Å². The van der Waals surface area contributed by atoms with Crippen molar-refractivity contribution >= 4 is 50.9 Å². The van der Waals surface area contributed by atoms with Crippen LogP contribution in [0.2, 0.25) is 5.02 Å². The Balaban J connectivity index is 2.00.